The molecule has 1 N–H and O–H groups in total. The SMILES string of the molecule is BrCCCNCC1Cc2ccccc21. The molecular weight excluding hydrogens is 238 g/mol. The topological polar surface area (TPSA) is 12.0 Å². The van der Waals surface area contributed by atoms with Gasteiger partial charge < -0.3 is 5.32 Å². The van der Waals surface area contributed by atoms with Gasteiger partial charge in [0.25, 0.3) is 0 Å². The molecule has 2 rings (SSSR count). The number of halogens is 1. The molecule has 1 aromatic carbocycles. The highest BCUT2D eigenvalue weighted by atomic mass is 79.9. The van der Waals surface area contributed by atoms with E-state index in [-0.39, 0.29) is 0 Å². The van der Waals surface area contributed by atoms with Crippen molar-refractivity contribution in [1.82, 2.24) is 5.32 Å². The van der Waals surface area contributed by atoms with Crippen molar-refractivity contribution >= 4 is 15.9 Å². The van der Waals surface area contributed by atoms with Crippen LogP contribution in [0.1, 0.15) is 23.5 Å². The van der Waals surface area contributed by atoms with Crippen LogP contribution >= 0.6 is 15.9 Å². The van der Waals surface area contributed by atoms with Crippen LogP contribution in [0, 0.1) is 0 Å². The molecule has 0 heterocycles. The first-order valence-electron chi connectivity index (χ1n) is 5.26. The van der Waals surface area contributed by atoms with E-state index in [1.54, 1.807) is 11.1 Å². The van der Waals surface area contributed by atoms with Crippen molar-refractivity contribution in [3.8, 4) is 0 Å². The number of hydrogen-bond acceptors (Lipinski definition) is 1. The van der Waals surface area contributed by atoms with Crippen LogP contribution in [0.3, 0.4) is 0 Å². The van der Waals surface area contributed by atoms with Gasteiger partial charge in [-0.25, -0.2) is 0 Å². The highest BCUT2D eigenvalue weighted by Gasteiger charge is 2.24. The lowest BCUT2D eigenvalue weighted by Gasteiger charge is -2.30. The molecule has 0 bridgehead atoms. The van der Waals surface area contributed by atoms with Gasteiger partial charge in [0.2, 0.25) is 0 Å². The molecule has 1 aromatic rings. The number of alkyl halides is 1. The van der Waals surface area contributed by atoms with E-state index in [2.05, 4.69) is 45.5 Å². The van der Waals surface area contributed by atoms with Crippen molar-refractivity contribution < 1.29 is 0 Å². The van der Waals surface area contributed by atoms with Gasteiger partial charge in [0.05, 0.1) is 0 Å². The lowest BCUT2D eigenvalue weighted by Crippen LogP contribution is -2.29. The number of hydrogen-bond donors (Lipinski definition) is 1. The molecule has 0 radical (unpaired) electrons. The average Bonchev–Trinajstić information content (AvgIpc) is 2.19. The molecule has 1 aliphatic rings. The smallest absolute Gasteiger partial charge is 0.00433 e. The first-order valence-corrected chi connectivity index (χ1v) is 6.38. The van der Waals surface area contributed by atoms with Crippen LogP contribution in [0.2, 0.25) is 0 Å². The minimum Gasteiger partial charge on any atom is -0.316 e. The Morgan fingerprint density at radius 1 is 1.36 bits per heavy atom. The third-order valence-corrected chi connectivity index (χ3v) is 3.40. The number of rotatable bonds is 5. The summed E-state index contributed by atoms with van der Waals surface area (Å²) in [4.78, 5) is 0. The van der Waals surface area contributed by atoms with Crippen LogP contribution < -0.4 is 5.32 Å². The summed E-state index contributed by atoms with van der Waals surface area (Å²) in [7, 11) is 0. The average molecular weight is 254 g/mol. The predicted octanol–water partition coefficient (Wildman–Crippen LogP) is 2.70. The van der Waals surface area contributed by atoms with Crippen LogP contribution in [0.25, 0.3) is 0 Å². The summed E-state index contributed by atoms with van der Waals surface area (Å²) in [5.74, 6) is 0.765. The van der Waals surface area contributed by atoms with Gasteiger partial charge in [-0.15, -0.1) is 0 Å². The number of nitrogens with one attached hydrogen (secondary N) is 1. The van der Waals surface area contributed by atoms with Crippen molar-refractivity contribution in [3.63, 3.8) is 0 Å². The van der Waals surface area contributed by atoms with E-state index in [0.717, 1.165) is 24.3 Å². The third-order valence-electron chi connectivity index (χ3n) is 2.84. The van der Waals surface area contributed by atoms with E-state index in [9.17, 15) is 0 Å². The van der Waals surface area contributed by atoms with Crippen LogP contribution in [0.15, 0.2) is 24.3 Å². The zero-order valence-corrected chi connectivity index (χ0v) is 9.89. The van der Waals surface area contributed by atoms with E-state index < -0.39 is 0 Å². The van der Waals surface area contributed by atoms with Gasteiger partial charge in [-0.05, 0) is 30.5 Å². The maximum absolute atomic E-state index is 3.50. The summed E-state index contributed by atoms with van der Waals surface area (Å²) in [6.07, 6.45) is 2.48. The Labute approximate surface area is 94.0 Å². The summed E-state index contributed by atoms with van der Waals surface area (Å²) in [5.41, 5.74) is 3.10. The van der Waals surface area contributed by atoms with Crippen LogP contribution in [0.5, 0.6) is 0 Å². The first-order chi connectivity index (χ1) is 6.92. The van der Waals surface area contributed by atoms with Crippen molar-refractivity contribution in [2.45, 2.75) is 18.8 Å². The second-order valence-electron chi connectivity index (χ2n) is 3.85. The normalized spacial score (nSPS) is 18.8. The molecule has 0 saturated heterocycles. The largest absolute Gasteiger partial charge is 0.316 e. The Morgan fingerprint density at radius 2 is 2.21 bits per heavy atom. The number of fused-ring (bicyclic) bond motifs is 1. The van der Waals surface area contributed by atoms with Gasteiger partial charge in [-0.3, -0.25) is 0 Å². The summed E-state index contributed by atoms with van der Waals surface area (Å²) >= 11 is 3.43. The lowest BCUT2D eigenvalue weighted by atomic mass is 9.77. The predicted molar refractivity (Wildman–Crippen MR) is 64.2 cm³/mol. The molecule has 0 aliphatic heterocycles. The summed E-state index contributed by atoms with van der Waals surface area (Å²) < 4.78 is 0. The van der Waals surface area contributed by atoms with Crippen LogP contribution in [-0.2, 0) is 6.42 Å². The Hall–Kier alpha value is -0.340. The van der Waals surface area contributed by atoms with E-state index in [4.69, 9.17) is 0 Å². The quantitative estimate of drug-likeness (QED) is 0.629. The minimum absolute atomic E-state index is 0.765. The van der Waals surface area contributed by atoms with Crippen molar-refractivity contribution in [2.75, 3.05) is 18.4 Å². The second-order valence-corrected chi connectivity index (χ2v) is 4.64. The fourth-order valence-corrected chi connectivity index (χ4v) is 2.29. The Balaban J connectivity index is 1.76. The summed E-state index contributed by atoms with van der Waals surface area (Å²) in [6.45, 7) is 2.27. The highest BCUT2D eigenvalue weighted by Crippen LogP contribution is 2.33. The molecule has 0 aromatic heterocycles. The number of benzene rings is 1. The van der Waals surface area contributed by atoms with Gasteiger partial charge in [0, 0.05) is 17.8 Å². The molecule has 1 aliphatic carbocycles. The van der Waals surface area contributed by atoms with E-state index in [0.29, 0.717) is 0 Å². The summed E-state index contributed by atoms with van der Waals surface area (Å²) in [5, 5.41) is 4.60. The van der Waals surface area contributed by atoms with Crippen molar-refractivity contribution in [2.24, 2.45) is 0 Å². The zero-order valence-electron chi connectivity index (χ0n) is 8.30. The maximum atomic E-state index is 3.50. The van der Waals surface area contributed by atoms with Gasteiger partial charge in [0.1, 0.15) is 0 Å². The van der Waals surface area contributed by atoms with Crippen LogP contribution in [-0.4, -0.2) is 18.4 Å². The lowest BCUT2D eigenvalue weighted by molar-refractivity contribution is 0.536. The standard InChI is InChI=1S/C12H16BrN/c13-6-3-7-14-9-11-8-10-4-1-2-5-12(10)11/h1-2,4-5,11,14H,3,6-9H2. The fraction of sp³-hybridized carbons (Fsp3) is 0.500. The molecule has 0 amide bonds. The monoisotopic (exact) mass is 253 g/mol. The molecule has 1 unspecified atom stereocenters. The zero-order chi connectivity index (χ0) is 9.80. The van der Waals surface area contributed by atoms with Gasteiger partial charge in [-0.1, -0.05) is 40.2 Å². The van der Waals surface area contributed by atoms with Crippen molar-refractivity contribution in [3.05, 3.63) is 35.4 Å². The van der Waals surface area contributed by atoms with E-state index in [1.807, 2.05) is 0 Å². The molecule has 0 saturated carbocycles. The first kappa shape index (κ1) is 10.2. The Kier molecular flexibility index (Phi) is 3.60. The molecule has 2 heteroatoms. The van der Waals surface area contributed by atoms with Crippen molar-refractivity contribution in [1.29, 1.82) is 0 Å². The van der Waals surface area contributed by atoms with Gasteiger partial charge >= 0.3 is 0 Å². The maximum Gasteiger partial charge on any atom is 0.00433 e. The third kappa shape index (κ3) is 2.18. The Bertz CT molecular complexity index is 298. The second kappa shape index (κ2) is 4.94. The highest BCUT2D eigenvalue weighted by molar-refractivity contribution is 9.09. The summed E-state index contributed by atoms with van der Waals surface area (Å²) in [6, 6.07) is 8.77. The molecule has 14 heavy (non-hydrogen) atoms. The molecule has 76 valence electrons. The van der Waals surface area contributed by atoms with E-state index in [1.165, 1.54) is 12.8 Å². The minimum atomic E-state index is 0.765. The van der Waals surface area contributed by atoms with Gasteiger partial charge in [-0.2, -0.15) is 0 Å². The molecule has 0 fully saturated rings. The molecule has 1 atom stereocenters. The molecule has 1 nitrogen and oxygen atoms in total. The Morgan fingerprint density at radius 3 is 3.00 bits per heavy atom. The molecular formula is C12H16BrN. The van der Waals surface area contributed by atoms with E-state index >= 15 is 0 Å². The fourth-order valence-electron chi connectivity index (χ4n) is 2.01. The molecule has 0 spiro atoms. The van der Waals surface area contributed by atoms with Gasteiger partial charge in [0.15, 0.2) is 0 Å². The van der Waals surface area contributed by atoms with Crippen LogP contribution in [0.4, 0.5) is 0 Å².